The summed E-state index contributed by atoms with van der Waals surface area (Å²) >= 11 is 9.08. The zero-order valence-corrected chi connectivity index (χ0v) is 37.8. The molecule has 0 saturated carbocycles. The fraction of sp³-hybridized carbons (Fsp3) is 0.405. The number of halogens is 3. The van der Waals surface area contributed by atoms with Crippen molar-refractivity contribution in [2.75, 3.05) is 34.5 Å². The normalized spacial score (nSPS) is 13.6. The number of rotatable bonds is 6. The molecule has 0 saturated heterocycles. The van der Waals surface area contributed by atoms with E-state index in [9.17, 15) is 19.6 Å². The van der Waals surface area contributed by atoms with Crippen LogP contribution in [0.15, 0.2) is 35.6 Å². The number of thioether (sulfide) groups is 1. The first-order valence-corrected chi connectivity index (χ1v) is 21.4. The number of anilines is 3. The number of hydrogen-bond donors (Lipinski definition) is 1. The zero-order valence-electron chi connectivity index (χ0n) is 35.4. The Labute approximate surface area is 364 Å². The zero-order chi connectivity index (χ0) is 44.9. The molecule has 14 nitrogen and oxygen atoms in total. The number of aromatic nitrogens is 3. The van der Waals surface area contributed by atoms with Gasteiger partial charge in [-0.2, -0.15) is 10.2 Å². The molecule has 0 bridgehead atoms. The Morgan fingerprint density at radius 2 is 1.64 bits per heavy atom. The molecular formula is C42H44ClF2N7O7S2. The van der Waals surface area contributed by atoms with Crippen molar-refractivity contribution in [3.8, 4) is 22.9 Å². The van der Waals surface area contributed by atoms with E-state index in [0.29, 0.717) is 5.56 Å². The molecule has 2 aromatic carbocycles. The summed E-state index contributed by atoms with van der Waals surface area (Å²) in [6, 6.07) is 7.06. The van der Waals surface area contributed by atoms with Crippen molar-refractivity contribution in [3.05, 3.63) is 58.2 Å². The highest BCUT2D eigenvalue weighted by atomic mass is 35.5. The van der Waals surface area contributed by atoms with Gasteiger partial charge in [0.1, 0.15) is 51.6 Å². The molecule has 6 rings (SSSR count). The lowest BCUT2D eigenvalue weighted by Crippen LogP contribution is -2.45. The number of nitrogens with one attached hydrogen (secondary N) is 1. The maximum Gasteiger partial charge on any atom is 0.425 e. The van der Waals surface area contributed by atoms with Gasteiger partial charge in [0, 0.05) is 22.7 Å². The van der Waals surface area contributed by atoms with E-state index in [0.717, 1.165) is 34.1 Å². The van der Waals surface area contributed by atoms with Gasteiger partial charge in [0.2, 0.25) is 0 Å². The van der Waals surface area contributed by atoms with Gasteiger partial charge < -0.3 is 23.8 Å². The molecule has 19 heteroatoms. The second kappa shape index (κ2) is 16.7. The highest BCUT2D eigenvalue weighted by Crippen LogP contribution is 2.52. The summed E-state index contributed by atoms with van der Waals surface area (Å²) in [5, 5.41) is 13.0. The smallest absolute Gasteiger partial charge is 0.425 e. The third-order valence-electron chi connectivity index (χ3n) is 8.86. The van der Waals surface area contributed by atoms with Crippen molar-refractivity contribution in [1.82, 2.24) is 15.0 Å². The van der Waals surface area contributed by atoms with Gasteiger partial charge in [-0.25, -0.2) is 38.1 Å². The molecule has 0 radical (unpaired) electrons. The maximum atomic E-state index is 17.5. The van der Waals surface area contributed by atoms with E-state index in [-0.39, 0.29) is 83.4 Å². The number of hydrogen-bond acceptors (Lipinski definition) is 14. The Morgan fingerprint density at radius 3 is 2.23 bits per heavy atom. The van der Waals surface area contributed by atoms with Crippen LogP contribution in [0.1, 0.15) is 86.4 Å². The lowest BCUT2D eigenvalue weighted by Gasteiger charge is -2.33. The molecule has 3 amide bonds. The first kappa shape index (κ1) is 45.0. The van der Waals surface area contributed by atoms with E-state index in [1.807, 2.05) is 6.07 Å². The van der Waals surface area contributed by atoms with Crippen molar-refractivity contribution in [2.45, 2.75) is 97.2 Å². The standard InChI is InChI=1S/C42H44ClF2N7O7S2/c1-20(21-13-12-16-47-33(21)52(38(54)58-41(5,6)7)39(55)59-42(8,9)10)51-17-18-56-31-27-30(48-36(60-11)49-34(27)51)29(45)26(28(31)43)22-14-15-24(44)32-25(22)23(19-46)35(61-32)50-37(53)57-40(2,3)4/h12-16,20H,17-18H2,1-11H3,(H,50,53)/t20-/m1/s1. The first-order valence-electron chi connectivity index (χ1n) is 19.0. The van der Waals surface area contributed by atoms with Crippen LogP contribution in [0.25, 0.3) is 32.1 Å². The van der Waals surface area contributed by atoms with Crippen LogP contribution in [0.3, 0.4) is 0 Å². The molecule has 1 atom stereocenters. The lowest BCUT2D eigenvalue weighted by molar-refractivity contribution is 0.0427. The number of carbonyl (C=O) groups is 3. The summed E-state index contributed by atoms with van der Waals surface area (Å²) in [4.78, 5) is 56.7. The first-order chi connectivity index (χ1) is 28.4. The average molecular weight is 896 g/mol. The van der Waals surface area contributed by atoms with Crippen LogP contribution >= 0.6 is 34.7 Å². The van der Waals surface area contributed by atoms with E-state index in [1.165, 1.54) is 12.3 Å². The summed E-state index contributed by atoms with van der Waals surface area (Å²) in [5.41, 5.74) is -2.92. The number of nitrogens with zero attached hydrogens (tertiary/aromatic N) is 6. The van der Waals surface area contributed by atoms with Gasteiger partial charge in [0.05, 0.1) is 33.3 Å². The summed E-state index contributed by atoms with van der Waals surface area (Å²) in [7, 11) is 0. The minimum absolute atomic E-state index is 0.00427. The summed E-state index contributed by atoms with van der Waals surface area (Å²) in [5.74, 6) is -1.44. The summed E-state index contributed by atoms with van der Waals surface area (Å²) in [6.45, 7) is 16.9. The number of nitriles is 1. The highest BCUT2D eigenvalue weighted by Gasteiger charge is 2.38. The molecule has 1 N–H and O–H groups in total. The Balaban J connectivity index is 1.54. The summed E-state index contributed by atoms with van der Waals surface area (Å²) < 4.78 is 55.9. The monoisotopic (exact) mass is 895 g/mol. The quantitative estimate of drug-likeness (QED) is 0.0971. The third-order valence-corrected chi connectivity index (χ3v) is 10.9. The Hall–Kier alpha value is -5.51. The van der Waals surface area contributed by atoms with Crippen LogP contribution in [0.5, 0.6) is 5.75 Å². The van der Waals surface area contributed by atoms with E-state index < -0.39 is 52.8 Å². The minimum Gasteiger partial charge on any atom is -0.489 e. The van der Waals surface area contributed by atoms with Crippen LogP contribution in [-0.4, -0.2) is 69.4 Å². The third kappa shape index (κ3) is 9.24. The number of ether oxygens (including phenoxy) is 4. The minimum atomic E-state index is -1.01. The van der Waals surface area contributed by atoms with Gasteiger partial charge in [0.15, 0.2) is 22.5 Å². The molecule has 5 aromatic rings. The predicted octanol–water partition coefficient (Wildman–Crippen LogP) is 11.4. The average Bonchev–Trinajstić information content (AvgIpc) is 3.39. The number of fused-ring (bicyclic) bond motifs is 1. The number of amides is 3. The molecule has 322 valence electrons. The number of benzene rings is 2. The van der Waals surface area contributed by atoms with Gasteiger partial charge in [-0.05, 0) is 93.2 Å². The number of pyridine rings is 1. The fourth-order valence-corrected chi connectivity index (χ4v) is 8.32. The van der Waals surface area contributed by atoms with E-state index >= 15 is 8.78 Å². The van der Waals surface area contributed by atoms with Crippen LogP contribution < -0.4 is 19.9 Å². The SMILES string of the molecule is CSc1nc2c3c(c(Cl)c(-c4ccc(F)c5sc(NC(=O)OC(C)(C)C)c(C#N)c45)c(F)c3n1)OCCN2[C@H](C)c1cccnc1N(C(=O)OC(C)(C)C)C(=O)OC(C)(C)C. The van der Waals surface area contributed by atoms with E-state index in [1.54, 1.807) is 92.5 Å². The van der Waals surface area contributed by atoms with Crippen LogP contribution in [-0.2, 0) is 14.2 Å². The molecule has 0 unspecified atom stereocenters. The molecule has 0 spiro atoms. The molecule has 1 aliphatic heterocycles. The predicted molar refractivity (Wildman–Crippen MR) is 232 cm³/mol. The Kier molecular flexibility index (Phi) is 12.4. The summed E-state index contributed by atoms with van der Waals surface area (Å²) in [6.07, 6.45) is 0.253. The van der Waals surface area contributed by atoms with Crippen molar-refractivity contribution < 1.29 is 42.1 Å². The molecule has 61 heavy (non-hydrogen) atoms. The largest absolute Gasteiger partial charge is 0.489 e. The topological polar surface area (TPSA) is 169 Å². The molecule has 4 heterocycles. The van der Waals surface area contributed by atoms with Crippen molar-refractivity contribution >= 4 is 90.6 Å². The van der Waals surface area contributed by atoms with Gasteiger partial charge in [0.25, 0.3) is 0 Å². The van der Waals surface area contributed by atoms with Crippen molar-refractivity contribution in [2.24, 2.45) is 0 Å². The Bertz CT molecular complexity index is 2610. The second-order valence-electron chi connectivity index (χ2n) is 16.9. The Morgan fingerprint density at radius 1 is 1.00 bits per heavy atom. The van der Waals surface area contributed by atoms with E-state index in [2.05, 4.69) is 15.3 Å². The molecule has 0 fully saturated rings. The molecular weight excluding hydrogens is 852 g/mol. The van der Waals surface area contributed by atoms with E-state index in [4.69, 9.17) is 35.5 Å². The van der Waals surface area contributed by atoms with Crippen molar-refractivity contribution in [1.29, 1.82) is 5.26 Å². The van der Waals surface area contributed by atoms with Gasteiger partial charge in [-0.3, -0.25) is 5.32 Å². The molecule has 0 aliphatic carbocycles. The maximum absolute atomic E-state index is 17.5. The van der Waals surface area contributed by atoms with Crippen LogP contribution in [0.2, 0.25) is 5.02 Å². The fourth-order valence-electron chi connectivity index (χ4n) is 6.56. The molecule has 1 aliphatic rings. The second-order valence-corrected chi connectivity index (χ2v) is 19.0. The van der Waals surface area contributed by atoms with Gasteiger partial charge >= 0.3 is 18.3 Å². The van der Waals surface area contributed by atoms with Gasteiger partial charge in [-0.15, -0.1) is 11.3 Å². The van der Waals surface area contributed by atoms with Crippen LogP contribution in [0.4, 0.5) is 39.8 Å². The van der Waals surface area contributed by atoms with Crippen molar-refractivity contribution in [3.63, 3.8) is 0 Å². The number of thiophene rings is 1. The van der Waals surface area contributed by atoms with Gasteiger partial charge in [-0.1, -0.05) is 35.5 Å². The molecule has 3 aromatic heterocycles. The number of carbonyl (C=O) groups excluding carboxylic acids is 3. The highest BCUT2D eigenvalue weighted by molar-refractivity contribution is 7.98. The van der Waals surface area contributed by atoms with Crippen LogP contribution in [0, 0.1) is 23.0 Å². The lowest BCUT2D eigenvalue weighted by atomic mass is 9.96. The number of imide groups is 1.